The molecule has 1 saturated heterocycles. The molecule has 3 rings (SSSR count). The van der Waals surface area contributed by atoms with Crippen LogP contribution >= 0.6 is 11.8 Å². The number of anilines is 1. The molecule has 2 aromatic rings. The van der Waals surface area contributed by atoms with E-state index in [0.29, 0.717) is 35.1 Å². The van der Waals surface area contributed by atoms with Crippen LogP contribution in [-0.2, 0) is 24.6 Å². The van der Waals surface area contributed by atoms with Crippen LogP contribution in [0.1, 0.15) is 20.3 Å². The molecule has 0 spiro atoms. The molecule has 1 fully saturated rings. The molecule has 0 amide bonds. The maximum absolute atomic E-state index is 13.2. The summed E-state index contributed by atoms with van der Waals surface area (Å²) < 4.78 is 12.3. The molecule has 28 heavy (non-hydrogen) atoms. The van der Waals surface area contributed by atoms with E-state index in [9.17, 15) is 9.59 Å². The molecule has 10 heteroatoms. The summed E-state index contributed by atoms with van der Waals surface area (Å²) >= 11 is 1.61. The van der Waals surface area contributed by atoms with Gasteiger partial charge in [0, 0.05) is 25.8 Å². The molecule has 2 aromatic heterocycles. The molecule has 0 saturated carbocycles. The average Bonchev–Trinajstić information content (AvgIpc) is 3.26. The molecule has 0 aromatic carbocycles. The largest absolute Gasteiger partial charge is 0.466 e. The first-order valence-corrected chi connectivity index (χ1v) is 10.4. The van der Waals surface area contributed by atoms with Gasteiger partial charge in [0.05, 0.1) is 26.0 Å². The molecule has 0 N–H and O–H groups in total. The maximum atomic E-state index is 13.2. The highest BCUT2D eigenvalue weighted by Crippen LogP contribution is 2.44. The number of nitrogens with zero attached hydrogens (tertiary/aromatic N) is 5. The van der Waals surface area contributed by atoms with Crippen LogP contribution in [0.5, 0.6) is 0 Å². The molecular weight excluding hydrogens is 382 g/mol. The average molecular weight is 407 g/mol. The van der Waals surface area contributed by atoms with Crippen LogP contribution in [0.2, 0.25) is 0 Å². The summed E-state index contributed by atoms with van der Waals surface area (Å²) in [5.74, 6) is 0.794. The van der Waals surface area contributed by atoms with Gasteiger partial charge in [-0.25, -0.2) is 19.7 Å². The summed E-state index contributed by atoms with van der Waals surface area (Å²) in [7, 11) is 3.74. The van der Waals surface area contributed by atoms with Gasteiger partial charge in [-0.3, -0.25) is 9.36 Å². The fraction of sp³-hybridized carbons (Fsp3) is 0.611. The number of thioether (sulfide) groups is 1. The number of ether oxygens (including phenoxy) is 2. The number of imidazole rings is 1. The zero-order valence-corrected chi connectivity index (χ0v) is 17.4. The summed E-state index contributed by atoms with van der Waals surface area (Å²) in [6, 6.07) is 0. The summed E-state index contributed by atoms with van der Waals surface area (Å²) in [6.07, 6.45) is 3.19. The lowest BCUT2D eigenvalue weighted by Gasteiger charge is -2.33. The van der Waals surface area contributed by atoms with E-state index in [1.165, 1.54) is 6.33 Å². The van der Waals surface area contributed by atoms with Crippen molar-refractivity contribution in [3.63, 3.8) is 0 Å². The van der Waals surface area contributed by atoms with Crippen molar-refractivity contribution in [2.75, 3.05) is 43.7 Å². The molecule has 0 unspecified atom stereocenters. The number of carbonyl (C=O) groups excluding carboxylic acids is 2. The van der Waals surface area contributed by atoms with Gasteiger partial charge >= 0.3 is 11.9 Å². The van der Waals surface area contributed by atoms with Gasteiger partial charge in [-0.2, -0.15) is 11.8 Å². The van der Waals surface area contributed by atoms with Crippen LogP contribution in [-0.4, -0.2) is 70.3 Å². The van der Waals surface area contributed by atoms with E-state index >= 15 is 0 Å². The SMILES string of the molecule is CCOC(=O)C[C@@H]1CSC[C@]1(C(=O)OCC)n1cnc2c(N(C)C)ncnc21. The first-order chi connectivity index (χ1) is 13.5. The third-order valence-electron chi connectivity index (χ3n) is 4.83. The third-order valence-corrected chi connectivity index (χ3v) is 6.11. The lowest BCUT2D eigenvalue weighted by molar-refractivity contribution is -0.156. The van der Waals surface area contributed by atoms with Gasteiger partial charge in [0.2, 0.25) is 0 Å². The smallest absolute Gasteiger partial charge is 0.333 e. The van der Waals surface area contributed by atoms with Gasteiger partial charge < -0.3 is 14.4 Å². The molecule has 2 atom stereocenters. The Morgan fingerprint density at radius 1 is 1.25 bits per heavy atom. The number of aromatic nitrogens is 4. The molecular formula is C18H25N5O4S. The number of carbonyl (C=O) groups is 2. The quantitative estimate of drug-likeness (QED) is 0.632. The highest BCUT2D eigenvalue weighted by molar-refractivity contribution is 7.99. The van der Waals surface area contributed by atoms with E-state index < -0.39 is 5.54 Å². The van der Waals surface area contributed by atoms with Crippen LogP contribution < -0.4 is 4.90 Å². The Kier molecular flexibility index (Phi) is 6.07. The van der Waals surface area contributed by atoms with Gasteiger partial charge in [0.15, 0.2) is 22.5 Å². The van der Waals surface area contributed by atoms with Crippen LogP contribution in [0, 0.1) is 5.92 Å². The number of hydrogen-bond donors (Lipinski definition) is 0. The van der Waals surface area contributed by atoms with Crippen molar-refractivity contribution in [1.82, 2.24) is 19.5 Å². The zero-order valence-electron chi connectivity index (χ0n) is 16.5. The Hall–Kier alpha value is -2.36. The first kappa shape index (κ1) is 20.4. The fourth-order valence-electron chi connectivity index (χ4n) is 3.55. The minimum absolute atomic E-state index is 0.130. The Balaban J connectivity index is 2.13. The van der Waals surface area contributed by atoms with Crippen molar-refractivity contribution < 1.29 is 19.1 Å². The van der Waals surface area contributed by atoms with Crippen molar-refractivity contribution in [3.05, 3.63) is 12.7 Å². The van der Waals surface area contributed by atoms with Gasteiger partial charge in [-0.15, -0.1) is 0 Å². The molecule has 1 aliphatic heterocycles. The van der Waals surface area contributed by atoms with Gasteiger partial charge in [0.25, 0.3) is 0 Å². The first-order valence-electron chi connectivity index (χ1n) is 9.22. The second-order valence-corrected chi connectivity index (χ2v) is 7.77. The summed E-state index contributed by atoms with van der Waals surface area (Å²) in [4.78, 5) is 40.4. The summed E-state index contributed by atoms with van der Waals surface area (Å²) in [5.41, 5.74) is 0.0752. The maximum Gasteiger partial charge on any atom is 0.333 e. The molecule has 3 heterocycles. The number of fused-ring (bicyclic) bond motifs is 1. The molecule has 9 nitrogen and oxygen atoms in total. The van der Waals surface area contributed by atoms with Gasteiger partial charge in [-0.1, -0.05) is 0 Å². The molecule has 0 aliphatic carbocycles. The van der Waals surface area contributed by atoms with E-state index in [4.69, 9.17) is 9.47 Å². The Morgan fingerprint density at radius 3 is 2.68 bits per heavy atom. The lowest BCUT2D eigenvalue weighted by atomic mass is 9.84. The summed E-state index contributed by atoms with van der Waals surface area (Å²) in [6.45, 7) is 4.09. The van der Waals surface area contributed by atoms with Crippen molar-refractivity contribution in [2.45, 2.75) is 25.8 Å². The van der Waals surface area contributed by atoms with Crippen LogP contribution in [0.4, 0.5) is 5.82 Å². The van der Waals surface area contributed by atoms with E-state index in [1.807, 2.05) is 19.0 Å². The van der Waals surface area contributed by atoms with Gasteiger partial charge in [0.1, 0.15) is 6.33 Å². The van der Waals surface area contributed by atoms with Crippen molar-refractivity contribution in [3.8, 4) is 0 Å². The number of hydrogen-bond acceptors (Lipinski definition) is 9. The predicted molar refractivity (Wildman–Crippen MR) is 106 cm³/mol. The third kappa shape index (κ3) is 3.41. The lowest BCUT2D eigenvalue weighted by Crippen LogP contribution is -2.49. The minimum Gasteiger partial charge on any atom is -0.466 e. The van der Waals surface area contributed by atoms with Crippen LogP contribution in [0.3, 0.4) is 0 Å². The standard InChI is InChI=1S/C18H25N5O4S/c1-5-26-13(24)7-12-8-28-9-18(12,17(25)27-6-2)23-11-21-14-15(22(3)4)19-10-20-16(14)23/h10-12H,5-9H2,1-4H3/t12-,18+/m1/s1. The Bertz CT molecular complexity index is 871. The van der Waals surface area contributed by atoms with Crippen molar-refractivity contribution in [2.24, 2.45) is 5.92 Å². The molecule has 1 aliphatic rings. The highest BCUT2D eigenvalue weighted by Gasteiger charge is 2.54. The molecule has 0 bridgehead atoms. The topological polar surface area (TPSA) is 99.4 Å². The van der Waals surface area contributed by atoms with Gasteiger partial charge in [-0.05, 0) is 19.6 Å². The zero-order chi connectivity index (χ0) is 20.3. The second kappa shape index (κ2) is 8.34. The molecule has 0 radical (unpaired) electrons. The Labute approximate surface area is 167 Å². The fourth-order valence-corrected chi connectivity index (χ4v) is 5.15. The van der Waals surface area contributed by atoms with E-state index in [-0.39, 0.29) is 30.9 Å². The second-order valence-electron chi connectivity index (χ2n) is 6.74. The summed E-state index contributed by atoms with van der Waals surface area (Å²) in [5, 5.41) is 0. The van der Waals surface area contributed by atoms with Crippen molar-refractivity contribution in [1.29, 1.82) is 0 Å². The number of esters is 2. The normalized spacial score (nSPS) is 21.6. The monoisotopic (exact) mass is 407 g/mol. The molecule has 152 valence electrons. The Morgan fingerprint density at radius 2 is 2.00 bits per heavy atom. The van der Waals surface area contributed by atoms with Crippen molar-refractivity contribution >= 4 is 40.7 Å². The van der Waals surface area contributed by atoms with Crippen LogP contribution in [0.15, 0.2) is 12.7 Å². The highest BCUT2D eigenvalue weighted by atomic mass is 32.2. The number of rotatable bonds is 7. The van der Waals surface area contributed by atoms with Crippen LogP contribution in [0.25, 0.3) is 11.2 Å². The minimum atomic E-state index is -1.07. The van der Waals surface area contributed by atoms with E-state index in [0.717, 1.165) is 0 Å². The predicted octanol–water partition coefficient (Wildman–Crippen LogP) is 1.47. The van der Waals surface area contributed by atoms with E-state index in [2.05, 4.69) is 15.0 Å². The van der Waals surface area contributed by atoms with E-state index in [1.54, 1.807) is 36.5 Å².